The zero-order chi connectivity index (χ0) is 18.7. The molecule has 1 fully saturated rings. The summed E-state index contributed by atoms with van der Waals surface area (Å²) in [6, 6.07) is 11.0. The average Bonchev–Trinajstić information content (AvgIpc) is 3.11. The molecule has 1 aliphatic heterocycles. The van der Waals surface area contributed by atoms with E-state index < -0.39 is 12.0 Å². The summed E-state index contributed by atoms with van der Waals surface area (Å²) < 4.78 is 11.1. The summed E-state index contributed by atoms with van der Waals surface area (Å²) in [5, 5.41) is 9.04. The van der Waals surface area contributed by atoms with Crippen molar-refractivity contribution in [2.24, 2.45) is 0 Å². The lowest BCUT2D eigenvalue weighted by atomic mass is 10.0. The van der Waals surface area contributed by atoms with Gasteiger partial charge in [-0.15, -0.1) is 0 Å². The van der Waals surface area contributed by atoms with Gasteiger partial charge in [-0.25, -0.2) is 0 Å². The van der Waals surface area contributed by atoms with E-state index in [-0.39, 0.29) is 24.7 Å². The molecular weight excluding hydrogens is 334 g/mol. The maximum Gasteiger partial charge on any atom is 0.305 e. The van der Waals surface area contributed by atoms with Crippen LogP contribution in [0.25, 0.3) is 11.3 Å². The smallest absolute Gasteiger partial charge is 0.305 e. The lowest BCUT2D eigenvalue weighted by Crippen LogP contribution is -2.49. The van der Waals surface area contributed by atoms with Crippen molar-refractivity contribution in [2.75, 3.05) is 19.8 Å². The van der Waals surface area contributed by atoms with Crippen LogP contribution >= 0.6 is 0 Å². The van der Waals surface area contributed by atoms with E-state index in [0.717, 1.165) is 5.56 Å². The first-order valence-electron chi connectivity index (χ1n) is 8.76. The molecule has 0 bridgehead atoms. The highest BCUT2D eigenvalue weighted by molar-refractivity contribution is 5.92. The maximum absolute atomic E-state index is 12.8. The molecule has 138 valence electrons. The van der Waals surface area contributed by atoms with Gasteiger partial charge in [0.1, 0.15) is 5.76 Å². The minimum Gasteiger partial charge on any atom is -0.481 e. The molecule has 3 rings (SSSR count). The van der Waals surface area contributed by atoms with Gasteiger partial charge in [-0.3, -0.25) is 9.59 Å². The second-order valence-electron chi connectivity index (χ2n) is 6.77. The summed E-state index contributed by atoms with van der Waals surface area (Å²) in [7, 11) is 0. The summed E-state index contributed by atoms with van der Waals surface area (Å²) >= 11 is 0. The SMILES string of the molecule is CC(C)c1cccc(-c2ccc(C(=O)N3CCOCC3CC(=O)O)o2)c1. The first kappa shape index (κ1) is 18.2. The monoisotopic (exact) mass is 357 g/mol. The van der Waals surface area contributed by atoms with Crippen LogP contribution in [0, 0.1) is 0 Å². The number of aliphatic carboxylic acids is 1. The molecule has 1 aromatic heterocycles. The average molecular weight is 357 g/mol. The van der Waals surface area contributed by atoms with Crippen molar-refractivity contribution in [3.63, 3.8) is 0 Å². The summed E-state index contributed by atoms with van der Waals surface area (Å²) in [5.74, 6) is -0.0166. The summed E-state index contributed by atoms with van der Waals surface area (Å²) in [4.78, 5) is 25.4. The van der Waals surface area contributed by atoms with Crippen molar-refractivity contribution < 1.29 is 23.8 Å². The molecule has 6 nitrogen and oxygen atoms in total. The van der Waals surface area contributed by atoms with Gasteiger partial charge in [-0.2, -0.15) is 0 Å². The zero-order valence-corrected chi connectivity index (χ0v) is 15.0. The lowest BCUT2D eigenvalue weighted by Gasteiger charge is -2.34. The highest BCUT2D eigenvalue weighted by Gasteiger charge is 2.31. The molecule has 26 heavy (non-hydrogen) atoms. The van der Waals surface area contributed by atoms with Crippen LogP contribution in [0.15, 0.2) is 40.8 Å². The number of morpholine rings is 1. The van der Waals surface area contributed by atoms with Crippen LogP contribution < -0.4 is 0 Å². The molecule has 0 aliphatic carbocycles. The third-order valence-corrected chi connectivity index (χ3v) is 4.55. The van der Waals surface area contributed by atoms with E-state index in [4.69, 9.17) is 14.3 Å². The van der Waals surface area contributed by atoms with Crippen LogP contribution in [0.4, 0.5) is 0 Å². The fraction of sp³-hybridized carbons (Fsp3) is 0.400. The van der Waals surface area contributed by atoms with Crippen LogP contribution in [-0.2, 0) is 9.53 Å². The molecule has 2 aromatic rings. The molecule has 1 aliphatic rings. The van der Waals surface area contributed by atoms with Crippen molar-refractivity contribution in [3.05, 3.63) is 47.7 Å². The molecule has 2 heterocycles. The third-order valence-electron chi connectivity index (χ3n) is 4.55. The minimum absolute atomic E-state index is 0.143. The first-order valence-corrected chi connectivity index (χ1v) is 8.76. The van der Waals surface area contributed by atoms with Crippen molar-refractivity contribution in [1.82, 2.24) is 4.90 Å². The zero-order valence-electron chi connectivity index (χ0n) is 15.0. The number of ether oxygens (including phenoxy) is 1. The molecule has 0 saturated carbocycles. The van der Waals surface area contributed by atoms with E-state index in [1.807, 2.05) is 12.1 Å². The van der Waals surface area contributed by atoms with Crippen molar-refractivity contribution in [3.8, 4) is 11.3 Å². The Labute approximate surface area is 152 Å². The number of carboxylic acids is 1. The van der Waals surface area contributed by atoms with E-state index >= 15 is 0 Å². The van der Waals surface area contributed by atoms with E-state index in [9.17, 15) is 9.59 Å². The van der Waals surface area contributed by atoms with Gasteiger partial charge in [0.05, 0.1) is 25.7 Å². The van der Waals surface area contributed by atoms with Gasteiger partial charge in [0.25, 0.3) is 5.91 Å². The van der Waals surface area contributed by atoms with Crippen molar-refractivity contribution >= 4 is 11.9 Å². The van der Waals surface area contributed by atoms with Gasteiger partial charge in [-0.1, -0.05) is 32.0 Å². The van der Waals surface area contributed by atoms with Gasteiger partial charge >= 0.3 is 5.97 Å². The molecule has 1 amide bonds. The largest absolute Gasteiger partial charge is 0.481 e. The topological polar surface area (TPSA) is 80.0 Å². The molecule has 1 aromatic carbocycles. The third kappa shape index (κ3) is 3.96. The second-order valence-corrected chi connectivity index (χ2v) is 6.77. The number of nitrogens with zero attached hydrogens (tertiary/aromatic N) is 1. The predicted octanol–water partition coefficient (Wildman–Crippen LogP) is 3.39. The number of hydrogen-bond donors (Lipinski definition) is 1. The van der Waals surface area contributed by atoms with E-state index in [2.05, 4.69) is 26.0 Å². The molecular formula is C20H23NO5. The van der Waals surface area contributed by atoms with Gasteiger partial charge in [0.2, 0.25) is 0 Å². The van der Waals surface area contributed by atoms with Crippen LogP contribution in [0.5, 0.6) is 0 Å². The van der Waals surface area contributed by atoms with Crippen LogP contribution in [0.1, 0.15) is 42.3 Å². The highest BCUT2D eigenvalue weighted by atomic mass is 16.5. The number of amides is 1. The molecule has 6 heteroatoms. The minimum atomic E-state index is -0.955. The fourth-order valence-electron chi connectivity index (χ4n) is 3.09. The van der Waals surface area contributed by atoms with Crippen molar-refractivity contribution in [2.45, 2.75) is 32.2 Å². The standard InChI is InChI=1S/C20H23NO5/c1-13(2)14-4-3-5-15(10-14)17-6-7-18(26-17)20(24)21-8-9-25-12-16(21)11-19(22)23/h3-7,10,13,16H,8-9,11-12H2,1-2H3,(H,22,23). The Hall–Kier alpha value is -2.60. The van der Waals surface area contributed by atoms with Gasteiger partial charge in [-0.05, 0) is 29.7 Å². The Morgan fingerprint density at radius 2 is 2.08 bits per heavy atom. The maximum atomic E-state index is 12.8. The number of rotatable bonds is 5. The molecule has 0 spiro atoms. The molecule has 1 N–H and O–H groups in total. The number of benzene rings is 1. The summed E-state index contributed by atoms with van der Waals surface area (Å²) in [5.41, 5.74) is 2.11. The second kappa shape index (κ2) is 7.74. The van der Waals surface area contributed by atoms with Crippen LogP contribution in [-0.4, -0.2) is 47.7 Å². The Bertz CT molecular complexity index is 795. The number of carbonyl (C=O) groups excluding carboxylic acids is 1. The van der Waals surface area contributed by atoms with E-state index in [0.29, 0.717) is 24.8 Å². The summed E-state index contributed by atoms with van der Waals surface area (Å²) in [6.07, 6.45) is -0.143. The first-order chi connectivity index (χ1) is 12.5. The van der Waals surface area contributed by atoms with Gasteiger partial charge in [0.15, 0.2) is 5.76 Å². The number of furan rings is 1. The number of carboxylic acid groups (broad SMARTS) is 1. The van der Waals surface area contributed by atoms with E-state index in [1.165, 1.54) is 10.5 Å². The summed E-state index contributed by atoms with van der Waals surface area (Å²) in [6.45, 7) is 5.22. The predicted molar refractivity (Wildman–Crippen MR) is 96.1 cm³/mol. The Kier molecular flexibility index (Phi) is 5.42. The van der Waals surface area contributed by atoms with Gasteiger partial charge in [0, 0.05) is 12.1 Å². The molecule has 0 radical (unpaired) electrons. The number of carbonyl (C=O) groups is 2. The molecule has 1 unspecified atom stereocenters. The Morgan fingerprint density at radius 3 is 2.81 bits per heavy atom. The Morgan fingerprint density at radius 1 is 1.27 bits per heavy atom. The quantitative estimate of drug-likeness (QED) is 0.887. The highest BCUT2D eigenvalue weighted by Crippen LogP contribution is 2.27. The van der Waals surface area contributed by atoms with E-state index in [1.54, 1.807) is 12.1 Å². The van der Waals surface area contributed by atoms with Crippen LogP contribution in [0.2, 0.25) is 0 Å². The molecule has 1 atom stereocenters. The normalized spacial score (nSPS) is 17.5. The Balaban J connectivity index is 1.81. The van der Waals surface area contributed by atoms with Crippen LogP contribution in [0.3, 0.4) is 0 Å². The van der Waals surface area contributed by atoms with Crippen molar-refractivity contribution in [1.29, 1.82) is 0 Å². The molecule has 1 saturated heterocycles. The fourth-order valence-corrected chi connectivity index (χ4v) is 3.09. The lowest BCUT2D eigenvalue weighted by molar-refractivity contribution is -0.139. The number of hydrogen-bond acceptors (Lipinski definition) is 4. The van der Waals surface area contributed by atoms with Gasteiger partial charge < -0.3 is 19.2 Å².